The fourth-order valence-electron chi connectivity index (χ4n) is 3.80. The molecule has 1 saturated carbocycles. The lowest BCUT2D eigenvalue weighted by molar-refractivity contribution is 0.0951. The number of rotatable bonds is 8. The molecule has 3 N–H and O–H groups in total. The molecule has 0 unspecified atom stereocenters. The first-order valence-electron chi connectivity index (χ1n) is 10.8. The maximum atomic E-state index is 12.6. The number of urea groups is 1. The molecule has 8 nitrogen and oxygen atoms in total. The van der Waals surface area contributed by atoms with E-state index in [1.165, 1.54) is 19.2 Å². The summed E-state index contributed by atoms with van der Waals surface area (Å²) in [6.07, 6.45) is 5.29. The third-order valence-corrected chi connectivity index (χ3v) is 7.32. The Bertz CT molecular complexity index is 1100. The second kappa shape index (κ2) is 11.4. The molecule has 0 atom stereocenters. The molecule has 2 aromatic carbocycles. The molecule has 3 rings (SSSR count). The van der Waals surface area contributed by atoms with Crippen LogP contribution in [0.25, 0.3) is 0 Å². The summed E-state index contributed by atoms with van der Waals surface area (Å²) in [5, 5.41) is 5.52. The van der Waals surface area contributed by atoms with Crippen molar-refractivity contribution < 1.29 is 22.7 Å². The van der Waals surface area contributed by atoms with Crippen molar-refractivity contribution in [3.63, 3.8) is 0 Å². The van der Waals surface area contributed by atoms with E-state index in [1.807, 2.05) is 4.72 Å². The molecule has 0 spiro atoms. The van der Waals surface area contributed by atoms with Gasteiger partial charge in [-0.3, -0.25) is 4.79 Å². The number of benzene rings is 2. The number of ether oxygens (including phenoxy) is 1. The first-order valence-corrected chi connectivity index (χ1v) is 12.7. The van der Waals surface area contributed by atoms with E-state index in [9.17, 15) is 18.0 Å². The molecule has 0 aromatic heterocycles. The van der Waals surface area contributed by atoms with E-state index in [0.717, 1.165) is 37.7 Å². The number of nitrogens with one attached hydrogen (secondary N) is 3. The standard InChI is InChI=1S/C23H28ClN3O5S/c1-32-20-10-6-5-9-18(20)22(28)25-14-13-16-11-12-21(19(24)15-16)33(30,31)27-23(29)26-17-7-3-2-4-8-17/h5-6,9-12,15,17H,2-4,7-8,13-14H2,1H3,(H,25,28)(H2,26,27,29). The summed E-state index contributed by atoms with van der Waals surface area (Å²) in [4.78, 5) is 24.3. The monoisotopic (exact) mass is 493 g/mol. The Hall–Kier alpha value is -2.78. The highest BCUT2D eigenvalue weighted by Gasteiger charge is 2.23. The van der Waals surface area contributed by atoms with E-state index in [4.69, 9.17) is 16.3 Å². The number of carbonyl (C=O) groups is 2. The van der Waals surface area contributed by atoms with Crippen LogP contribution in [0.2, 0.25) is 5.02 Å². The fourth-order valence-corrected chi connectivity index (χ4v) is 5.29. The predicted octanol–water partition coefficient (Wildman–Crippen LogP) is 3.64. The van der Waals surface area contributed by atoms with Crippen LogP contribution in [0.3, 0.4) is 0 Å². The van der Waals surface area contributed by atoms with Crippen molar-refractivity contribution in [1.29, 1.82) is 0 Å². The van der Waals surface area contributed by atoms with E-state index in [0.29, 0.717) is 24.3 Å². The molecular weight excluding hydrogens is 466 g/mol. The van der Waals surface area contributed by atoms with Gasteiger partial charge < -0.3 is 15.4 Å². The Morgan fingerprint density at radius 2 is 1.82 bits per heavy atom. The highest BCUT2D eigenvalue weighted by molar-refractivity contribution is 7.90. The first kappa shape index (κ1) is 24.9. The van der Waals surface area contributed by atoms with Crippen molar-refractivity contribution in [1.82, 2.24) is 15.4 Å². The smallest absolute Gasteiger partial charge is 0.328 e. The quantitative estimate of drug-likeness (QED) is 0.519. The van der Waals surface area contributed by atoms with E-state index in [-0.39, 0.29) is 21.9 Å². The molecule has 178 valence electrons. The molecule has 2 aromatic rings. The molecule has 0 aliphatic heterocycles. The zero-order valence-electron chi connectivity index (χ0n) is 18.4. The van der Waals surface area contributed by atoms with Gasteiger partial charge >= 0.3 is 6.03 Å². The maximum absolute atomic E-state index is 12.6. The van der Waals surface area contributed by atoms with Gasteiger partial charge in [-0.15, -0.1) is 0 Å². The Balaban J connectivity index is 1.56. The molecule has 0 heterocycles. The Morgan fingerprint density at radius 3 is 2.52 bits per heavy atom. The average molecular weight is 494 g/mol. The van der Waals surface area contributed by atoms with E-state index >= 15 is 0 Å². The molecule has 0 saturated heterocycles. The van der Waals surface area contributed by atoms with Crippen molar-refractivity contribution >= 4 is 33.6 Å². The molecule has 33 heavy (non-hydrogen) atoms. The van der Waals surface area contributed by atoms with Gasteiger partial charge in [-0.25, -0.2) is 17.9 Å². The van der Waals surface area contributed by atoms with Crippen LogP contribution in [0.4, 0.5) is 4.79 Å². The number of carbonyl (C=O) groups excluding carboxylic acids is 2. The first-order chi connectivity index (χ1) is 15.8. The SMILES string of the molecule is COc1ccccc1C(=O)NCCc1ccc(S(=O)(=O)NC(=O)NC2CCCCC2)c(Cl)c1. The van der Waals surface area contributed by atoms with Crippen LogP contribution >= 0.6 is 11.6 Å². The lowest BCUT2D eigenvalue weighted by Gasteiger charge is -2.22. The molecule has 1 aliphatic rings. The number of sulfonamides is 1. The second-order valence-corrected chi connectivity index (χ2v) is 9.94. The molecule has 0 radical (unpaired) electrons. The van der Waals surface area contributed by atoms with Gasteiger partial charge in [0.1, 0.15) is 10.6 Å². The molecule has 1 aliphatic carbocycles. The molecular formula is C23H28ClN3O5S. The Kier molecular flexibility index (Phi) is 8.57. The minimum Gasteiger partial charge on any atom is -0.496 e. The van der Waals surface area contributed by atoms with Crippen LogP contribution in [-0.2, 0) is 16.4 Å². The van der Waals surface area contributed by atoms with Crippen molar-refractivity contribution in [2.45, 2.75) is 49.5 Å². The summed E-state index contributed by atoms with van der Waals surface area (Å²) in [7, 11) is -2.61. The number of amides is 3. The molecule has 0 bridgehead atoms. The van der Waals surface area contributed by atoms with Gasteiger partial charge in [0.05, 0.1) is 17.7 Å². The van der Waals surface area contributed by atoms with E-state index in [1.54, 1.807) is 30.3 Å². The summed E-state index contributed by atoms with van der Waals surface area (Å²) >= 11 is 6.21. The minimum absolute atomic E-state index is 0.00141. The normalized spacial score (nSPS) is 14.4. The van der Waals surface area contributed by atoms with Crippen molar-refractivity contribution in [3.05, 3.63) is 58.6 Å². The summed E-state index contributed by atoms with van der Waals surface area (Å²) < 4.78 is 32.5. The van der Waals surface area contributed by atoms with E-state index in [2.05, 4.69) is 10.6 Å². The summed E-state index contributed by atoms with van der Waals surface area (Å²) in [5.41, 5.74) is 1.17. The second-order valence-electron chi connectivity index (χ2n) is 7.88. The topological polar surface area (TPSA) is 114 Å². The van der Waals surface area contributed by atoms with Crippen molar-refractivity contribution in [2.24, 2.45) is 0 Å². The fraction of sp³-hybridized carbons (Fsp3) is 0.391. The van der Waals surface area contributed by atoms with Crippen LogP contribution in [0.1, 0.15) is 48.0 Å². The lowest BCUT2D eigenvalue weighted by atomic mass is 9.96. The average Bonchev–Trinajstić information content (AvgIpc) is 2.79. The maximum Gasteiger partial charge on any atom is 0.328 e. The molecule has 1 fully saturated rings. The summed E-state index contributed by atoms with van der Waals surface area (Å²) in [6.45, 7) is 0.321. The third kappa shape index (κ3) is 6.85. The number of para-hydroxylation sites is 1. The number of hydrogen-bond donors (Lipinski definition) is 3. The van der Waals surface area contributed by atoms with Gasteiger partial charge in [-0.05, 0) is 49.1 Å². The van der Waals surface area contributed by atoms with Gasteiger partial charge in [0, 0.05) is 12.6 Å². The lowest BCUT2D eigenvalue weighted by Crippen LogP contribution is -2.45. The van der Waals surface area contributed by atoms with Crippen LogP contribution in [0.5, 0.6) is 5.75 Å². The van der Waals surface area contributed by atoms with Gasteiger partial charge in [0.2, 0.25) is 0 Å². The zero-order valence-corrected chi connectivity index (χ0v) is 20.0. The summed E-state index contributed by atoms with van der Waals surface area (Å²) in [5.74, 6) is 0.207. The zero-order chi connectivity index (χ0) is 23.8. The number of halogens is 1. The van der Waals surface area contributed by atoms with E-state index < -0.39 is 16.1 Å². The van der Waals surface area contributed by atoms with Gasteiger partial charge in [-0.2, -0.15) is 0 Å². The van der Waals surface area contributed by atoms with Gasteiger partial charge in [-0.1, -0.05) is 49.1 Å². The summed E-state index contributed by atoms with van der Waals surface area (Å²) in [6, 6.07) is 10.6. The molecule has 10 heteroatoms. The van der Waals surface area contributed by atoms with Crippen LogP contribution < -0.4 is 20.1 Å². The Morgan fingerprint density at radius 1 is 1.09 bits per heavy atom. The predicted molar refractivity (Wildman–Crippen MR) is 126 cm³/mol. The van der Waals surface area contributed by atoms with Crippen molar-refractivity contribution in [2.75, 3.05) is 13.7 Å². The largest absolute Gasteiger partial charge is 0.496 e. The van der Waals surface area contributed by atoms with Crippen molar-refractivity contribution in [3.8, 4) is 5.75 Å². The third-order valence-electron chi connectivity index (χ3n) is 5.50. The Labute approximate surface area is 199 Å². The highest BCUT2D eigenvalue weighted by atomic mass is 35.5. The van der Waals surface area contributed by atoms with Crippen LogP contribution in [-0.4, -0.2) is 40.1 Å². The molecule has 3 amide bonds. The van der Waals surface area contributed by atoms with Crippen LogP contribution in [0.15, 0.2) is 47.4 Å². The number of methoxy groups -OCH3 is 1. The van der Waals surface area contributed by atoms with Gasteiger partial charge in [0.25, 0.3) is 15.9 Å². The highest BCUT2D eigenvalue weighted by Crippen LogP contribution is 2.23. The number of hydrogen-bond acceptors (Lipinski definition) is 5. The van der Waals surface area contributed by atoms with Crippen LogP contribution in [0, 0.1) is 0 Å². The minimum atomic E-state index is -4.11. The van der Waals surface area contributed by atoms with Gasteiger partial charge in [0.15, 0.2) is 0 Å².